The fourth-order valence-electron chi connectivity index (χ4n) is 3.27. The molecule has 4 nitrogen and oxygen atoms in total. The number of rotatable bonds is 4. The Labute approximate surface area is 131 Å². The maximum absolute atomic E-state index is 11.3. The second-order valence-electron chi connectivity index (χ2n) is 5.91. The van der Waals surface area contributed by atoms with Crippen LogP contribution in [0.2, 0.25) is 0 Å². The van der Waals surface area contributed by atoms with Gasteiger partial charge in [-0.15, -0.1) is 0 Å². The summed E-state index contributed by atoms with van der Waals surface area (Å²) in [5.41, 5.74) is 4.74. The van der Waals surface area contributed by atoms with Crippen LogP contribution in [0.25, 0.3) is 0 Å². The van der Waals surface area contributed by atoms with Crippen molar-refractivity contribution >= 4 is 5.97 Å². The van der Waals surface area contributed by atoms with Crippen LogP contribution in [0.4, 0.5) is 0 Å². The van der Waals surface area contributed by atoms with Crippen molar-refractivity contribution in [2.24, 2.45) is 0 Å². The SMILES string of the molecule is CC(=O)OC(C)c1c2c(nn1Cc1ccccc1)CCCC2. The molecule has 2 aromatic rings. The van der Waals surface area contributed by atoms with Gasteiger partial charge >= 0.3 is 5.97 Å². The monoisotopic (exact) mass is 298 g/mol. The molecular weight excluding hydrogens is 276 g/mol. The van der Waals surface area contributed by atoms with E-state index in [1.54, 1.807) is 0 Å². The van der Waals surface area contributed by atoms with E-state index in [1.807, 2.05) is 29.8 Å². The van der Waals surface area contributed by atoms with Gasteiger partial charge < -0.3 is 4.74 Å². The molecule has 0 radical (unpaired) electrons. The topological polar surface area (TPSA) is 44.1 Å². The Morgan fingerprint density at radius 1 is 1.27 bits per heavy atom. The average molecular weight is 298 g/mol. The predicted molar refractivity (Wildman–Crippen MR) is 84.6 cm³/mol. The first kappa shape index (κ1) is 14.8. The van der Waals surface area contributed by atoms with Gasteiger partial charge in [0, 0.05) is 12.5 Å². The van der Waals surface area contributed by atoms with Crippen molar-refractivity contribution in [2.75, 3.05) is 0 Å². The number of nitrogens with zero attached hydrogens (tertiary/aromatic N) is 2. The molecule has 0 N–H and O–H groups in total. The largest absolute Gasteiger partial charge is 0.456 e. The van der Waals surface area contributed by atoms with E-state index in [9.17, 15) is 4.79 Å². The van der Waals surface area contributed by atoms with E-state index in [-0.39, 0.29) is 12.1 Å². The van der Waals surface area contributed by atoms with Crippen LogP contribution >= 0.6 is 0 Å². The lowest BCUT2D eigenvalue weighted by Gasteiger charge is -2.18. The molecule has 1 aromatic heterocycles. The van der Waals surface area contributed by atoms with Crippen LogP contribution in [-0.4, -0.2) is 15.7 Å². The molecule has 116 valence electrons. The van der Waals surface area contributed by atoms with Crippen molar-refractivity contribution in [3.8, 4) is 0 Å². The number of esters is 1. The number of benzene rings is 1. The highest BCUT2D eigenvalue weighted by Gasteiger charge is 2.25. The summed E-state index contributed by atoms with van der Waals surface area (Å²) >= 11 is 0. The predicted octanol–water partition coefficient (Wildman–Crippen LogP) is 3.43. The third kappa shape index (κ3) is 3.06. The van der Waals surface area contributed by atoms with Gasteiger partial charge in [0.1, 0.15) is 6.10 Å². The van der Waals surface area contributed by atoms with Crippen molar-refractivity contribution in [2.45, 2.75) is 52.2 Å². The summed E-state index contributed by atoms with van der Waals surface area (Å²) in [5, 5.41) is 4.80. The van der Waals surface area contributed by atoms with Gasteiger partial charge in [0.25, 0.3) is 0 Å². The van der Waals surface area contributed by atoms with Crippen LogP contribution in [0.15, 0.2) is 30.3 Å². The maximum Gasteiger partial charge on any atom is 0.303 e. The maximum atomic E-state index is 11.3. The Morgan fingerprint density at radius 2 is 2.00 bits per heavy atom. The van der Waals surface area contributed by atoms with Crippen LogP contribution in [0.1, 0.15) is 55.3 Å². The molecule has 22 heavy (non-hydrogen) atoms. The zero-order valence-electron chi connectivity index (χ0n) is 13.2. The highest BCUT2D eigenvalue weighted by molar-refractivity contribution is 5.66. The highest BCUT2D eigenvalue weighted by atomic mass is 16.5. The van der Waals surface area contributed by atoms with E-state index >= 15 is 0 Å². The summed E-state index contributed by atoms with van der Waals surface area (Å²) < 4.78 is 7.47. The summed E-state index contributed by atoms with van der Waals surface area (Å²) in [5.74, 6) is -0.246. The number of carbonyl (C=O) groups excluding carboxylic acids is 1. The molecule has 0 saturated heterocycles. The number of aromatic nitrogens is 2. The minimum atomic E-state index is -0.254. The quantitative estimate of drug-likeness (QED) is 0.812. The lowest BCUT2D eigenvalue weighted by atomic mass is 9.94. The molecule has 0 aliphatic heterocycles. The zero-order chi connectivity index (χ0) is 15.5. The lowest BCUT2D eigenvalue weighted by Crippen LogP contribution is -2.14. The van der Waals surface area contributed by atoms with Gasteiger partial charge in [-0.25, -0.2) is 0 Å². The summed E-state index contributed by atoms with van der Waals surface area (Å²) in [7, 11) is 0. The summed E-state index contributed by atoms with van der Waals surface area (Å²) in [6.07, 6.45) is 4.18. The molecule has 0 amide bonds. The first-order valence-electron chi connectivity index (χ1n) is 7.94. The second kappa shape index (κ2) is 6.34. The Kier molecular flexibility index (Phi) is 4.27. The van der Waals surface area contributed by atoms with Gasteiger partial charge in [-0.05, 0) is 38.2 Å². The summed E-state index contributed by atoms with van der Waals surface area (Å²) in [6, 6.07) is 10.3. The van der Waals surface area contributed by atoms with Crippen molar-refractivity contribution in [3.05, 3.63) is 52.8 Å². The van der Waals surface area contributed by atoms with Gasteiger partial charge in [0.15, 0.2) is 0 Å². The Balaban J connectivity index is 1.97. The standard InChI is InChI=1S/C18H22N2O2/c1-13(22-14(2)21)18-16-10-6-7-11-17(16)19-20(18)12-15-8-4-3-5-9-15/h3-5,8-9,13H,6-7,10-12H2,1-2H3. The van der Waals surface area contributed by atoms with Crippen LogP contribution in [0, 0.1) is 0 Å². The Morgan fingerprint density at radius 3 is 2.73 bits per heavy atom. The normalized spacial score (nSPS) is 15.2. The minimum Gasteiger partial charge on any atom is -0.456 e. The van der Waals surface area contributed by atoms with E-state index in [1.165, 1.54) is 36.6 Å². The molecule has 3 rings (SSSR count). The second-order valence-corrected chi connectivity index (χ2v) is 5.91. The first-order chi connectivity index (χ1) is 10.6. The van der Waals surface area contributed by atoms with Crippen molar-refractivity contribution in [1.29, 1.82) is 0 Å². The number of hydrogen-bond donors (Lipinski definition) is 0. The third-order valence-corrected chi connectivity index (χ3v) is 4.17. The summed E-state index contributed by atoms with van der Waals surface area (Å²) in [4.78, 5) is 11.3. The molecule has 0 spiro atoms. The zero-order valence-corrected chi connectivity index (χ0v) is 13.2. The molecule has 1 heterocycles. The van der Waals surface area contributed by atoms with Crippen molar-refractivity contribution in [3.63, 3.8) is 0 Å². The number of hydrogen-bond acceptors (Lipinski definition) is 3. The van der Waals surface area contributed by atoms with Crippen molar-refractivity contribution < 1.29 is 9.53 Å². The lowest BCUT2D eigenvalue weighted by molar-refractivity contribution is -0.146. The average Bonchev–Trinajstić information content (AvgIpc) is 2.85. The van der Waals surface area contributed by atoms with E-state index in [2.05, 4.69) is 12.1 Å². The van der Waals surface area contributed by atoms with Crippen LogP contribution in [-0.2, 0) is 28.9 Å². The molecule has 1 aliphatic carbocycles. The minimum absolute atomic E-state index is 0.246. The molecule has 1 aliphatic rings. The summed E-state index contributed by atoms with van der Waals surface area (Å²) in [6.45, 7) is 4.12. The molecule has 0 bridgehead atoms. The fraction of sp³-hybridized carbons (Fsp3) is 0.444. The molecule has 1 unspecified atom stereocenters. The Bertz CT molecular complexity index is 661. The van der Waals surface area contributed by atoms with Gasteiger partial charge in [-0.3, -0.25) is 9.48 Å². The molecule has 1 aromatic carbocycles. The number of fused-ring (bicyclic) bond motifs is 1. The van der Waals surface area contributed by atoms with Gasteiger partial charge in [-0.1, -0.05) is 30.3 Å². The number of ether oxygens (including phenoxy) is 1. The molecule has 1 atom stereocenters. The molecular formula is C18H22N2O2. The van der Waals surface area contributed by atoms with E-state index < -0.39 is 0 Å². The molecule has 0 saturated carbocycles. The molecule has 4 heteroatoms. The first-order valence-corrected chi connectivity index (χ1v) is 7.94. The third-order valence-electron chi connectivity index (χ3n) is 4.17. The number of carbonyl (C=O) groups is 1. The van der Waals surface area contributed by atoms with Crippen molar-refractivity contribution in [1.82, 2.24) is 9.78 Å². The van der Waals surface area contributed by atoms with Crippen LogP contribution in [0.3, 0.4) is 0 Å². The van der Waals surface area contributed by atoms with E-state index in [0.29, 0.717) is 0 Å². The van der Waals surface area contributed by atoms with E-state index in [0.717, 1.165) is 25.1 Å². The highest BCUT2D eigenvalue weighted by Crippen LogP contribution is 2.30. The van der Waals surface area contributed by atoms with Gasteiger partial charge in [0.05, 0.1) is 17.9 Å². The van der Waals surface area contributed by atoms with Gasteiger partial charge in [0.2, 0.25) is 0 Å². The molecule has 0 fully saturated rings. The number of aryl methyl sites for hydroxylation is 1. The van der Waals surface area contributed by atoms with Crippen LogP contribution < -0.4 is 0 Å². The van der Waals surface area contributed by atoms with Gasteiger partial charge in [-0.2, -0.15) is 5.10 Å². The van der Waals surface area contributed by atoms with E-state index in [4.69, 9.17) is 9.84 Å². The Hall–Kier alpha value is -2.10. The fourth-order valence-corrected chi connectivity index (χ4v) is 3.27. The smallest absolute Gasteiger partial charge is 0.303 e. The van der Waals surface area contributed by atoms with Crippen LogP contribution in [0.5, 0.6) is 0 Å².